The first-order valence-electron chi connectivity index (χ1n) is 7.04. The number of fused-ring (bicyclic) bond motifs is 3. The van der Waals surface area contributed by atoms with Crippen molar-refractivity contribution in [1.82, 2.24) is 4.31 Å². The van der Waals surface area contributed by atoms with Crippen LogP contribution in [0.15, 0.2) is 17.3 Å². The van der Waals surface area contributed by atoms with E-state index in [-0.39, 0.29) is 5.71 Å². The highest BCUT2D eigenvalue weighted by atomic mass is 32.2. The molecule has 1 aliphatic carbocycles. The summed E-state index contributed by atoms with van der Waals surface area (Å²) in [6.45, 7) is 0. The van der Waals surface area contributed by atoms with Gasteiger partial charge in [0.05, 0.1) is 5.69 Å². The molecule has 0 bridgehead atoms. The summed E-state index contributed by atoms with van der Waals surface area (Å²) in [5.74, 6) is -0.815. The highest BCUT2D eigenvalue weighted by Gasteiger charge is 2.45. The minimum Gasteiger partial charge on any atom is -0.410 e. The summed E-state index contributed by atoms with van der Waals surface area (Å²) in [5.41, 5.74) is 2.41. The van der Waals surface area contributed by atoms with Crippen LogP contribution >= 0.6 is 0 Å². The molecule has 1 amide bonds. The topological polar surface area (TPSA) is 90.3 Å². The molecule has 3 rings (SSSR count). The summed E-state index contributed by atoms with van der Waals surface area (Å²) in [5, 5.41) is 12.2. The molecule has 0 saturated carbocycles. The molecule has 1 aliphatic heterocycles. The Morgan fingerprint density at radius 1 is 1.23 bits per heavy atom. The van der Waals surface area contributed by atoms with Crippen molar-refractivity contribution < 1.29 is 18.4 Å². The average Bonchev–Trinajstić information content (AvgIpc) is 2.79. The molecule has 8 heteroatoms. The molecule has 1 heterocycles. The summed E-state index contributed by atoms with van der Waals surface area (Å²) in [4.78, 5) is 12.5. The van der Waals surface area contributed by atoms with Crippen LogP contribution in [0.25, 0.3) is 0 Å². The van der Waals surface area contributed by atoms with E-state index in [1.165, 1.54) is 14.1 Å². The minimum atomic E-state index is -3.99. The summed E-state index contributed by atoms with van der Waals surface area (Å²) in [7, 11) is -1.26. The quantitative estimate of drug-likeness (QED) is 0.646. The predicted molar refractivity (Wildman–Crippen MR) is 81.5 cm³/mol. The van der Waals surface area contributed by atoms with E-state index in [9.17, 15) is 13.2 Å². The molecule has 1 N–H and O–H groups in total. The van der Waals surface area contributed by atoms with Gasteiger partial charge in [-0.1, -0.05) is 17.3 Å². The van der Waals surface area contributed by atoms with E-state index in [2.05, 4.69) is 5.16 Å². The number of hydrogen-bond donors (Lipinski definition) is 1. The molecule has 0 atom stereocenters. The zero-order chi connectivity index (χ0) is 16.1. The number of nitrogens with zero attached hydrogens (tertiary/aromatic N) is 3. The minimum absolute atomic E-state index is 0.228. The fourth-order valence-electron chi connectivity index (χ4n) is 3.02. The zero-order valence-corrected chi connectivity index (χ0v) is 13.2. The molecule has 2 aliphatic rings. The monoisotopic (exact) mass is 323 g/mol. The average molecular weight is 323 g/mol. The first kappa shape index (κ1) is 15.0. The molecular formula is C14H17N3O4S. The zero-order valence-electron chi connectivity index (χ0n) is 12.4. The SMILES string of the molecule is CN(C)S(=O)(=O)N1C(=O)C(=NO)c2ccc3c(c21)CCCC3. The molecule has 0 unspecified atom stereocenters. The van der Waals surface area contributed by atoms with Crippen molar-refractivity contribution >= 4 is 27.5 Å². The number of carbonyl (C=O) groups is 1. The second-order valence-corrected chi connectivity index (χ2v) is 7.61. The van der Waals surface area contributed by atoms with Gasteiger partial charge in [0.2, 0.25) is 0 Å². The lowest BCUT2D eigenvalue weighted by Crippen LogP contribution is -2.43. The van der Waals surface area contributed by atoms with Crippen LogP contribution in [0.5, 0.6) is 0 Å². The lowest BCUT2D eigenvalue weighted by atomic mass is 9.89. The maximum atomic E-state index is 12.5. The number of oxime groups is 1. The van der Waals surface area contributed by atoms with Gasteiger partial charge in [0.15, 0.2) is 5.71 Å². The number of benzene rings is 1. The second kappa shape index (κ2) is 5.06. The van der Waals surface area contributed by atoms with E-state index < -0.39 is 16.1 Å². The van der Waals surface area contributed by atoms with Crippen molar-refractivity contribution in [3.8, 4) is 0 Å². The van der Waals surface area contributed by atoms with Crippen LogP contribution < -0.4 is 4.31 Å². The summed E-state index contributed by atoms with van der Waals surface area (Å²) < 4.78 is 26.8. The maximum absolute atomic E-state index is 12.5. The van der Waals surface area contributed by atoms with Crippen LogP contribution in [0, 0.1) is 0 Å². The van der Waals surface area contributed by atoms with E-state index in [1.54, 1.807) is 6.07 Å². The Bertz CT molecular complexity index is 784. The highest BCUT2D eigenvalue weighted by molar-refractivity contribution is 7.91. The molecule has 0 saturated heterocycles. The lowest BCUT2D eigenvalue weighted by molar-refractivity contribution is -0.111. The van der Waals surface area contributed by atoms with Gasteiger partial charge >= 0.3 is 10.2 Å². The van der Waals surface area contributed by atoms with Crippen molar-refractivity contribution in [1.29, 1.82) is 0 Å². The number of aryl methyl sites for hydroxylation is 1. The third-order valence-electron chi connectivity index (χ3n) is 4.14. The summed E-state index contributed by atoms with van der Waals surface area (Å²) in [6.07, 6.45) is 3.56. The van der Waals surface area contributed by atoms with Crippen molar-refractivity contribution in [2.24, 2.45) is 5.16 Å². The Kier molecular flexibility index (Phi) is 3.45. The fourth-order valence-corrected chi connectivity index (χ4v) is 4.09. The first-order valence-corrected chi connectivity index (χ1v) is 8.43. The lowest BCUT2D eigenvalue weighted by Gasteiger charge is -2.26. The van der Waals surface area contributed by atoms with Crippen molar-refractivity contribution in [2.45, 2.75) is 25.7 Å². The third-order valence-corrected chi connectivity index (χ3v) is 5.87. The highest BCUT2D eigenvalue weighted by Crippen LogP contribution is 2.40. The molecule has 7 nitrogen and oxygen atoms in total. The van der Waals surface area contributed by atoms with Crippen LogP contribution in [0.1, 0.15) is 29.5 Å². The van der Waals surface area contributed by atoms with Crippen molar-refractivity contribution in [3.63, 3.8) is 0 Å². The van der Waals surface area contributed by atoms with E-state index in [0.717, 1.165) is 39.0 Å². The van der Waals surface area contributed by atoms with E-state index in [0.29, 0.717) is 17.7 Å². The molecule has 22 heavy (non-hydrogen) atoms. The van der Waals surface area contributed by atoms with E-state index >= 15 is 0 Å². The maximum Gasteiger partial charge on any atom is 0.310 e. The van der Waals surface area contributed by atoms with Crippen molar-refractivity contribution in [3.05, 3.63) is 28.8 Å². The fraction of sp³-hybridized carbons (Fsp3) is 0.429. The van der Waals surface area contributed by atoms with Gasteiger partial charge in [-0.15, -0.1) is 0 Å². The van der Waals surface area contributed by atoms with E-state index in [1.807, 2.05) is 6.07 Å². The molecule has 0 radical (unpaired) electrons. The van der Waals surface area contributed by atoms with Crippen LogP contribution in [-0.2, 0) is 27.8 Å². The predicted octanol–water partition coefficient (Wildman–Crippen LogP) is 0.897. The molecule has 118 valence electrons. The molecule has 1 aromatic rings. The van der Waals surface area contributed by atoms with Crippen LogP contribution in [0.2, 0.25) is 0 Å². The molecule has 0 fully saturated rings. The van der Waals surface area contributed by atoms with Crippen LogP contribution in [0.3, 0.4) is 0 Å². The van der Waals surface area contributed by atoms with Gasteiger partial charge in [0.25, 0.3) is 5.91 Å². The Morgan fingerprint density at radius 2 is 1.91 bits per heavy atom. The van der Waals surface area contributed by atoms with Gasteiger partial charge in [-0.3, -0.25) is 4.79 Å². The summed E-state index contributed by atoms with van der Waals surface area (Å²) >= 11 is 0. The Labute approximate surface area is 129 Å². The number of carbonyl (C=O) groups excluding carboxylic acids is 1. The van der Waals surface area contributed by atoms with Gasteiger partial charge in [-0.05, 0) is 36.8 Å². The van der Waals surface area contributed by atoms with Gasteiger partial charge in [0.1, 0.15) is 0 Å². The Balaban J connectivity index is 2.31. The molecule has 0 aromatic heterocycles. The third kappa shape index (κ3) is 1.94. The normalized spacial score (nSPS) is 19.7. The Morgan fingerprint density at radius 3 is 2.55 bits per heavy atom. The second-order valence-electron chi connectivity index (χ2n) is 5.61. The largest absolute Gasteiger partial charge is 0.410 e. The van der Waals surface area contributed by atoms with Gasteiger partial charge < -0.3 is 5.21 Å². The van der Waals surface area contributed by atoms with Gasteiger partial charge in [-0.25, -0.2) is 0 Å². The van der Waals surface area contributed by atoms with Gasteiger partial charge in [-0.2, -0.15) is 17.0 Å². The standard InChI is InChI=1S/C14H17N3O4S/c1-16(2)22(20,21)17-13-10-6-4-3-5-9(10)7-8-11(13)12(15-19)14(17)18/h7-8,19H,3-6H2,1-2H3. The number of anilines is 1. The molecular weight excluding hydrogens is 306 g/mol. The van der Waals surface area contributed by atoms with E-state index in [4.69, 9.17) is 5.21 Å². The van der Waals surface area contributed by atoms with Crippen LogP contribution in [-0.4, -0.2) is 43.6 Å². The first-order chi connectivity index (χ1) is 10.4. The smallest absolute Gasteiger partial charge is 0.310 e. The number of hydrogen-bond acceptors (Lipinski definition) is 5. The van der Waals surface area contributed by atoms with Crippen molar-refractivity contribution in [2.75, 3.05) is 18.4 Å². The van der Waals surface area contributed by atoms with Crippen LogP contribution in [0.4, 0.5) is 5.69 Å². The Hall–Kier alpha value is -1.93. The molecule has 0 spiro atoms. The van der Waals surface area contributed by atoms with Gasteiger partial charge in [0, 0.05) is 19.7 Å². The molecule has 1 aromatic carbocycles. The number of amides is 1. The summed E-state index contributed by atoms with van der Waals surface area (Å²) in [6, 6.07) is 3.55. The number of rotatable bonds is 2.